The lowest BCUT2D eigenvalue weighted by Crippen LogP contribution is -2.36. The molecule has 0 unspecified atom stereocenters. The molecule has 2 aromatic heterocycles. The monoisotopic (exact) mass is 315 g/mol. The van der Waals surface area contributed by atoms with E-state index in [1.165, 1.54) is 47.7 Å². The predicted molar refractivity (Wildman–Crippen MR) is 85.2 cm³/mol. The van der Waals surface area contributed by atoms with E-state index in [-0.39, 0.29) is 18.1 Å². The summed E-state index contributed by atoms with van der Waals surface area (Å²) >= 11 is 0. The third-order valence-electron chi connectivity index (χ3n) is 4.28. The molecule has 0 saturated heterocycles. The number of amides is 1. The Hall–Kier alpha value is -2.44. The first kappa shape index (κ1) is 15.5. The van der Waals surface area contributed by atoms with Gasteiger partial charge in [-0.2, -0.15) is 5.10 Å². The van der Waals surface area contributed by atoms with Crippen LogP contribution in [0.1, 0.15) is 32.1 Å². The molecule has 1 saturated carbocycles. The number of nitrogens with one attached hydrogen (secondary N) is 1. The van der Waals surface area contributed by atoms with Gasteiger partial charge in [-0.1, -0.05) is 19.3 Å². The fourth-order valence-corrected chi connectivity index (χ4v) is 2.97. The average molecular weight is 315 g/mol. The summed E-state index contributed by atoms with van der Waals surface area (Å²) in [6.07, 6.45) is 10.8. The zero-order valence-corrected chi connectivity index (χ0v) is 13.0. The zero-order chi connectivity index (χ0) is 16.1. The smallest absolute Gasteiger partial charge is 0.350 e. The Morgan fingerprint density at radius 3 is 2.70 bits per heavy atom. The fraction of sp³-hybridized carbons (Fsp3) is 0.500. The molecule has 1 fully saturated rings. The quantitative estimate of drug-likeness (QED) is 0.896. The molecular weight excluding hydrogens is 294 g/mol. The van der Waals surface area contributed by atoms with Gasteiger partial charge >= 0.3 is 5.69 Å². The van der Waals surface area contributed by atoms with E-state index in [0.29, 0.717) is 18.2 Å². The van der Waals surface area contributed by atoms with Crippen molar-refractivity contribution in [3.05, 3.63) is 41.3 Å². The first-order valence-electron chi connectivity index (χ1n) is 8.05. The normalized spacial score (nSPS) is 15.5. The van der Waals surface area contributed by atoms with Crippen molar-refractivity contribution in [2.75, 3.05) is 6.54 Å². The third kappa shape index (κ3) is 3.85. The lowest BCUT2D eigenvalue weighted by molar-refractivity contribution is -0.122. The number of carbonyl (C=O) groups is 1. The Bertz CT molecular complexity index is 701. The molecule has 0 aromatic carbocycles. The van der Waals surface area contributed by atoms with E-state index in [1.807, 2.05) is 0 Å². The van der Waals surface area contributed by atoms with Crippen LogP contribution in [0, 0.1) is 5.92 Å². The van der Waals surface area contributed by atoms with Gasteiger partial charge in [0.15, 0.2) is 0 Å². The van der Waals surface area contributed by atoms with Crippen molar-refractivity contribution < 1.29 is 4.79 Å². The number of nitrogens with zero attached hydrogens (tertiary/aromatic N) is 4. The van der Waals surface area contributed by atoms with Crippen molar-refractivity contribution in [3.8, 4) is 5.69 Å². The topological polar surface area (TPSA) is 81.8 Å². The Kier molecular flexibility index (Phi) is 4.85. The van der Waals surface area contributed by atoms with Crippen LogP contribution in [0.3, 0.4) is 0 Å². The number of carbonyl (C=O) groups excluding carboxylic acids is 1. The summed E-state index contributed by atoms with van der Waals surface area (Å²) < 4.78 is 2.58. The molecule has 7 nitrogen and oxygen atoms in total. The molecule has 0 bridgehead atoms. The number of rotatable bonds is 5. The highest BCUT2D eigenvalue weighted by Crippen LogP contribution is 2.22. The van der Waals surface area contributed by atoms with Crippen LogP contribution in [0.5, 0.6) is 0 Å². The minimum Gasteiger partial charge on any atom is -0.354 e. The van der Waals surface area contributed by atoms with Crippen LogP contribution in [-0.4, -0.2) is 31.8 Å². The summed E-state index contributed by atoms with van der Waals surface area (Å²) in [6.45, 7) is 0.641. The first-order valence-corrected chi connectivity index (χ1v) is 8.05. The van der Waals surface area contributed by atoms with Gasteiger partial charge in [-0.15, -0.1) is 0 Å². The summed E-state index contributed by atoms with van der Waals surface area (Å²) in [4.78, 5) is 28.2. The van der Waals surface area contributed by atoms with Gasteiger partial charge in [0.25, 0.3) is 0 Å². The fourth-order valence-electron chi connectivity index (χ4n) is 2.97. The van der Waals surface area contributed by atoms with Crippen molar-refractivity contribution in [1.82, 2.24) is 24.6 Å². The second kappa shape index (κ2) is 7.21. The van der Waals surface area contributed by atoms with E-state index in [2.05, 4.69) is 15.4 Å². The van der Waals surface area contributed by atoms with Crippen LogP contribution >= 0.6 is 0 Å². The summed E-state index contributed by atoms with van der Waals surface area (Å²) in [5, 5.41) is 6.93. The predicted octanol–water partition coefficient (Wildman–Crippen LogP) is 1.13. The van der Waals surface area contributed by atoms with Gasteiger partial charge in [0.2, 0.25) is 5.91 Å². The lowest BCUT2D eigenvalue weighted by atomic mass is 9.89. The van der Waals surface area contributed by atoms with Crippen molar-refractivity contribution >= 4 is 5.91 Å². The molecule has 0 aliphatic heterocycles. The summed E-state index contributed by atoms with van der Waals surface area (Å²) in [5.74, 6) is 0.399. The van der Waals surface area contributed by atoms with Gasteiger partial charge in [0, 0.05) is 18.9 Å². The maximum absolute atomic E-state index is 12.3. The van der Waals surface area contributed by atoms with Crippen LogP contribution in [0.4, 0.5) is 0 Å². The minimum absolute atomic E-state index is 0.0519. The van der Waals surface area contributed by atoms with E-state index in [4.69, 9.17) is 0 Å². The minimum atomic E-state index is -0.330. The summed E-state index contributed by atoms with van der Waals surface area (Å²) in [6, 6.07) is 3.44. The maximum atomic E-state index is 12.3. The second-order valence-electron chi connectivity index (χ2n) is 5.95. The van der Waals surface area contributed by atoms with Crippen molar-refractivity contribution in [2.24, 2.45) is 5.92 Å². The van der Waals surface area contributed by atoms with E-state index >= 15 is 0 Å². The Labute approximate surface area is 134 Å². The Morgan fingerprint density at radius 1 is 1.22 bits per heavy atom. The second-order valence-corrected chi connectivity index (χ2v) is 5.95. The molecule has 23 heavy (non-hydrogen) atoms. The van der Waals surface area contributed by atoms with Crippen LogP contribution in [-0.2, 0) is 11.3 Å². The standard InChI is InChI=1S/C16H21N5O2/c22-15(18-10-13-4-2-1-3-5-13)11-21-16(23)20(12-19-21)14-6-8-17-9-7-14/h6-9,12-13H,1-5,10-11H2,(H,18,22). The van der Waals surface area contributed by atoms with Gasteiger partial charge in [-0.3, -0.25) is 9.78 Å². The highest BCUT2D eigenvalue weighted by molar-refractivity contribution is 5.75. The molecule has 3 rings (SSSR count). The molecule has 7 heteroatoms. The maximum Gasteiger partial charge on any atom is 0.350 e. The molecule has 1 aliphatic rings. The average Bonchev–Trinajstić information content (AvgIpc) is 2.95. The molecule has 122 valence electrons. The van der Waals surface area contributed by atoms with Crippen molar-refractivity contribution in [2.45, 2.75) is 38.6 Å². The van der Waals surface area contributed by atoms with Crippen LogP contribution in [0.2, 0.25) is 0 Å². The SMILES string of the molecule is O=C(Cn1ncn(-c2ccncc2)c1=O)NCC1CCCCC1. The van der Waals surface area contributed by atoms with Gasteiger partial charge in [-0.05, 0) is 30.9 Å². The van der Waals surface area contributed by atoms with Gasteiger partial charge in [0.1, 0.15) is 12.9 Å². The van der Waals surface area contributed by atoms with E-state index in [1.54, 1.807) is 24.5 Å². The molecule has 1 aliphatic carbocycles. The summed E-state index contributed by atoms with van der Waals surface area (Å²) in [5.41, 5.74) is 0.350. The zero-order valence-electron chi connectivity index (χ0n) is 13.0. The van der Waals surface area contributed by atoms with Crippen LogP contribution < -0.4 is 11.0 Å². The van der Waals surface area contributed by atoms with E-state index < -0.39 is 0 Å². The Balaban J connectivity index is 1.59. The number of aromatic nitrogens is 4. The molecule has 1 amide bonds. The molecule has 2 aromatic rings. The first-order chi connectivity index (χ1) is 11.2. The third-order valence-corrected chi connectivity index (χ3v) is 4.28. The Morgan fingerprint density at radius 2 is 1.96 bits per heavy atom. The molecular formula is C16H21N5O2. The van der Waals surface area contributed by atoms with Gasteiger partial charge in [-0.25, -0.2) is 14.0 Å². The molecule has 2 heterocycles. The van der Waals surface area contributed by atoms with E-state index in [0.717, 1.165) is 0 Å². The number of hydrogen-bond acceptors (Lipinski definition) is 4. The lowest BCUT2D eigenvalue weighted by Gasteiger charge is -2.21. The van der Waals surface area contributed by atoms with Gasteiger partial charge < -0.3 is 5.32 Å². The highest BCUT2D eigenvalue weighted by Gasteiger charge is 2.15. The number of pyridine rings is 1. The molecule has 1 N–H and O–H groups in total. The van der Waals surface area contributed by atoms with Crippen molar-refractivity contribution in [1.29, 1.82) is 0 Å². The molecule has 0 radical (unpaired) electrons. The molecule has 0 atom stereocenters. The number of hydrogen-bond donors (Lipinski definition) is 1. The van der Waals surface area contributed by atoms with Gasteiger partial charge in [0.05, 0.1) is 5.69 Å². The van der Waals surface area contributed by atoms with Crippen molar-refractivity contribution in [3.63, 3.8) is 0 Å². The largest absolute Gasteiger partial charge is 0.354 e. The summed E-state index contributed by atoms with van der Waals surface area (Å²) in [7, 11) is 0. The molecule has 0 spiro atoms. The van der Waals surface area contributed by atoms with Crippen LogP contribution in [0.25, 0.3) is 5.69 Å². The van der Waals surface area contributed by atoms with Crippen LogP contribution in [0.15, 0.2) is 35.6 Å². The highest BCUT2D eigenvalue weighted by atomic mass is 16.2. The van der Waals surface area contributed by atoms with E-state index in [9.17, 15) is 9.59 Å².